The van der Waals surface area contributed by atoms with Crippen molar-refractivity contribution >= 4 is 49.5 Å². The molecule has 1 aromatic heterocycles. The van der Waals surface area contributed by atoms with Gasteiger partial charge in [-0.3, -0.25) is 4.79 Å². The highest BCUT2D eigenvalue weighted by atomic mass is 32.2. The van der Waals surface area contributed by atoms with Gasteiger partial charge in [0, 0.05) is 37.4 Å². The molecule has 0 atom stereocenters. The molecule has 1 aliphatic rings. The Kier molecular flexibility index (Phi) is 5.05. The van der Waals surface area contributed by atoms with E-state index < -0.39 is 9.84 Å². The summed E-state index contributed by atoms with van der Waals surface area (Å²) in [6.07, 6.45) is 1.13. The van der Waals surface area contributed by atoms with Crippen molar-refractivity contribution in [1.29, 1.82) is 0 Å². The number of thiophene rings is 1. The van der Waals surface area contributed by atoms with Crippen LogP contribution in [0.4, 0.5) is 10.7 Å². The molecule has 2 rings (SSSR count). The second kappa shape index (κ2) is 6.45. The summed E-state index contributed by atoms with van der Waals surface area (Å²) in [6.45, 7) is 3.81. The topological polar surface area (TPSA) is 92.5 Å². The molecule has 0 spiro atoms. The van der Waals surface area contributed by atoms with Gasteiger partial charge in [-0.1, -0.05) is 0 Å². The van der Waals surface area contributed by atoms with E-state index in [1.807, 2.05) is 23.6 Å². The molecule has 118 valence electrons. The Hall–Kier alpha value is -0.930. The van der Waals surface area contributed by atoms with Crippen LogP contribution in [0.1, 0.15) is 16.6 Å². The largest absolute Gasteiger partial charge is 0.396 e. The number of hydrogen-bond acceptors (Lipinski definition) is 7. The van der Waals surface area contributed by atoms with Crippen LogP contribution in [0.25, 0.3) is 0 Å². The van der Waals surface area contributed by atoms with Gasteiger partial charge in [-0.15, -0.1) is 11.3 Å². The zero-order chi connectivity index (χ0) is 15.6. The van der Waals surface area contributed by atoms with Gasteiger partial charge in [0.1, 0.15) is 14.8 Å². The van der Waals surface area contributed by atoms with Crippen LogP contribution in [-0.4, -0.2) is 51.7 Å². The predicted octanol–water partition coefficient (Wildman–Crippen LogP) is 1.04. The fourth-order valence-electron chi connectivity index (χ4n) is 2.16. The predicted molar refractivity (Wildman–Crippen MR) is 89.4 cm³/mol. The summed E-state index contributed by atoms with van der Waals surface area (Å²) >= 11 is 3.00. The zero-order valence-corrected chi connectivity index (χ0v) is 14.5. The highest BCUT2D eigenvalue weighted by Gasteiger charge is 2.30. The Labute approximate surface area is 133 Å². The summed E-state index contributed by atoms with van der Waals surface area (Å²) in [5.41, 5.74) is 6.04. The van der Waals surface area contributed by atoms with Gasteiger partial charge in [0.05, 0.1) is 5.69 Å². The summed E-state index contributed by atoms with van der Waals surface area (Å²) in [6, 6.07) is 0. The lowest BCUT2D eigenvalue weighted by Gasteiger charge is -2.27. The van der Waals surface area contributed by atoms with Crippen LogP contribution in [-0.2, 0) is 9.84 Å². The second-order valence-electron chi connectivity index (χ2n) is 4.71. The minimum Gasteiger partial charge on any atom is -0.396 e. The number of hydrogen-bond donors (Lipinski definition) is 2. The molecule has 1 fully saturated rings. The van der Waals surface area contributed by atoms with Gasteiger partial charge < -0.3 is 16.0 Å². The van der Waals surface area contributed by atoms with E-state index in [1.54, 1.807) is 0 Å². The Balaban J connectivity index is 2.52. The molecule has 1 saturated heterocycles. The number of anilines is 2. The smallest absolute Gasteiger partial charge is 0.263 e. The van der Waals surface area contributed by atoms with Gasteiger partial charge >= 0.3 is 0 Å². The zero-order valence-electron chi connectivity index (χ0n) is 12.0. The highest BCUT2D eigenvalue weighted by Crippen LogP contribution is 2.42. The third-order valence-electron chi connectivity index (χ3n) is 3.09. The first-order valence-corrected chi connectivity index (χ1v) is 10.5. The van der Waals surface area contributed by atoms with Crippen LogP contribution < -0.4 is 16.0 Å². The molecule has 1 aromatic rings. The number of thioether (sulfide) groups is 1. The molecular formula is C12H19N3O3S3. The number of carbonyl (C=O) groups is 1. The van der Waals surface area contributed by atoms with Gasteiger partial charge in [0.2, 0.25) is 0 Å². The molecule has 0 bridgehead atoms. The Bertz CT molecular complexity index is 634. The maximum absolute atomic E-state index is 12.1. The van der Waals surface area contributed by atoms with Crippen LogP contribution >= 0.6 is 23.1 Å². The molecule has 6 nitrogen and oxygen atoms in total. The SMILES string of the molecule is CCNC(=O)c1sc(N2CCSCC2)c(S(C)(=O)=O)c1N. The first kappa shape index (κ1) is 16.4. The van der Waals surface area contributed by atoms with Crippen molar-refractivity contribution in [3.05, 3.63) is 4.88 Å². The van der Waals surface area contributed by atoms with Crippen LogP contribution in [0.2, 0.25) is 0 Å². The van der Waals surface area contributed by atoms with Crippen molar-refractivity contribution in [2.24, 2.45) is 0 Å². The van der Waals surface area contributed by atoms with E-state index in [4.69, 9.17) is 5.73 Å². The van der Waals surface area contributed by atoms with Crippen LogP contribution in [0.5, 0.6) is 0 Å². The van der Waals surface area contributed by atoms with Crippen LogP contribution in [0.15, 0.2) is 4.90 Å². The number of sulfone groups is 1. The van der Waals surface area contributed by atoms with Crippen molar-refractivity contribution in [3.63, 3.8) is 0 Å². The average Bonchev–Trinajstić information content (AvgIpc) is 2.77. The van der Waals surface area contributed by atoms with Crippen molar-refractivity contribution in [1.82, 2.24) is 5.32 Å². The van der Waals surface area contributed by atoms with Crippen molar-refractivity contribution in [2.75, 3.05) is 48.0 Å². The first-order valence-electron chi connectivity index (χ1n) is 6.59. The van der Waals surface area contributed by atoms with E-state index >= 15 is 0 Å². The summed E-state index contributed by atoms with van der Waals surface area (Å²) in [5, 5.41) is 3.27. The van der Waals surface area contributed by atoms with E-state index in [2.05, 4.69) is 5.32 Å². The summed E-state index contributed by atoms with van der Waals surface area (Å²) in [5.74, 6) is 1.57. The van der Waals surface area contributed by atoms with Gasteiger partial charge in [0.15, 0.2) is 9.84 Å². The van der Waals surface area contributed by atoms with Gasteiger partial charge in [-0.05, 0) is 6.92 Å². The number of amides is 1. The number of nitrogens with two attached hydrogens (primary N) is 1. The van der Waals surface area contributed by atoms with Gasteiger partial charge in [-0.2, -0.15) is 11.8 Å². The fourth-order valence-corrected chi connectivity index (χ4v) is 5.74. The van der Waals surface area contributed by atoms with Gasteiger partial charge in [0.25, 0.3) is 5.91 Å². The highest BCUT2D eigenvalue weighted by molar-refractivity contribution is 7.99. The molecular weight excluding hydrogens is 330 g/mol. The monoisotopic (exact) mass is 349 g/mol. The second-order valence-corrected chi connectivity index (χ2v) is 8.89. The van der Waals surface area contributed by atoms with Crippen LogP contribution in [0.3, 0.4) is 0 Å². The molecule has 3 N–H and O–H groups in total. The maximum Gasteiger partial charge on any atom is 0.263 e. The fraction of sp³-hybridized carbons (Fsp3) is 0.583. The van der Waals surface area contributed by atoms with E-state index in [0.29, 0.717) is 11.5 Å². The number of nitrogen functional groups attached to an aromatic ring is 1. The standard InChI is InChI=1S/C12H19N3O3S3/c1-3-14-11(16)9-8(13)10(21(2,17)18)12(20-9)15-4-6-19-7-5-15/h3-7,13H2,1-2H3,(H,14,16). The minimum absolute atomic E-state index is 0.0710. The number of nitrogens with zero attached hydrogens (tertiary/aromatic N) is 1. The Morgan fingerprint density at radius 2 is 2.00 bits per heavy atom. The summed E-state index contributed by atoms with van der Waals surface area (Å²) in [4.78, 5) is 14.4. The Morgan fingerprint density at radius 1 is 1.38 bits per heavy atom. The van der Waals surface area contributed by atoms with Crippen molar-refractivity contribution in [3.8, 4) is 0 Å². The molecule has 0 aliphatic carbocycles. The molecule has 0 radical (unpaired) electrons. The summed E-state index contributed by atoms with van der Waals surface area (Å²) < 4.78 is 24.1. The molecule has 1 amide bonds. The molecule has 21 heavy (non-hydrogen) atoms. The average molecular weight is 350 g/mol. The molecule has 2 heterocycles. The Morgan fingerprint density at radius 3 is 2.52 bits per heavy atom. The lowest BCUT2D eigenvalue weighted by molar-refractivity contribution is 0.0960. The minimum atomic E-state index is -3.48. The third-order valence-corrected chi connectivity index (χ3v) is 6.59. The number of rotatable bonds is 4. The summed E-state index contributed by atoms with van der Waals surface area (Å²) in [7, 11) is -3.48. The molecule has 0 unspecified atom stereocenters. The first-order chi connectivity index (χ1) is 9.86. The van der Waals surface area contributed by atoms with E-state index in [0.717, 1.165) is 30.9 Å². The third kappa shape index (κ3) is 3.46. The van der Waals surface area contributed by atoms with Crippen molar-refractivity contribution < 1.29 is 13.2 Å². The van der Waals surface area contributed by atoms with Crippen LogP contribution in [0, 0.1) is 0 Å². The van der Waals surface area contributed by atoms with E-state index in [-0.39, 0.29) is 21.4 Å². The number of carbonyl (C=O) groups excluding carboxylic acids is 1. The molecule has 9 heteroatoms. The molecule has 0 saturated carbocycles. The van der Waals surface area contributed by atoms with E-state index in [9.17, 15) is 13.2 Å². The molecule has 1 aliphatic heterocycles. The number of nitrogens with one attached hydrogen (secondary N) is 1. The lowest BCUT2D eigenvalue weighted by Crippen LogP contribution is -2.32. The maximum atomic E-state index is 12.1. The van der Waals surface area contributed by atoms with Gasteiger partial charge in [-0.25, -0.2) is 8.42 Å². The van der Waals surface area contributed by atoms with E-state index in [1.165, 1.54) is 11.3 Å². The van der Waals surface area contributed by atoms with Crippen molar-refractivity contribution in [2.45, 2.75) is 11.8 Å². The quantitative estimate of drug-likeness (QED) is 0.844. The lowest BCUT2D eigenvalue weighted by atomic mass is 10.3. The molecule has 0 aromatic carbocycles. The normalized spacial score (nSPS) is 16.0.